The molecule has 0 unspecified atom stereocenters. The van der Waals surface area contributed by atoms with Gasteiger partial charge in [0.05, 0.1) is 4.34 Å². The first-order valence-corrected chi connectivity index (χ1v) is 5.07. The molecule has 66 valence electrons. The largest absolute Gasteiger partial charge is 0.294 e. The first kappa shape index (κ1) is 8.73. The van der Waals surface area contributed by atoms with Gasteiger partial charge in [0.2, 0.25) is 0 Å². The first-order valence-electron chi connectivity index (χ1n) is 3.87. The molecule has 3 heteroatoms. The second-order valence-corrected chi connectivity index (χ2v) is 4.54. The van der Waals surface area contributed by atoms with Crippen LogP contribution in [0.1, 0.15) is 17.3 Å². The van der Waals surface area contributed by atoms with E-state index in [2.05, 4.69) is 0 Å². The second-order valence-electron chi connectivity index (χ2n) is 2.82. The lowest BCUT2D eigenvalue weighted by Crippen LogP contribution is -1.90. The predicted octanol–water partition coefficient (Wildman–Crippen LogP) is 3.76. The number of benzene rings is 1. The SMILES string of the molecule is CC(=O)c1cccc2sc(Cl)cc12. The molecule has 2 aromatic rings. The van der Waals surface area contributed by atoms with Gasteiger partial charge < -0.3 is 0 Å². The standard InChI is InChI=1S/C10H7ClOS/c1-6(12)7-3-2-4-9-8(7)5-10(11)13-9/h2-5H,1H3. The Kier molecular flexibility index (Phi) is 2.10. The molecule has 1 heterocycles. The second kappa shape index (κ2) is 3.13. The minimum atomic E-state index is 0.0834. The average molecular weight is 211 g/mol. The Morgan fingerprint density at radius 1 is 1.46 bits per heavy atom. The zero-order valence-corrected chi connectivity index (χ0v) is 8.58. The number of ketones is 1. The van der Waals surface area contributed by atoms with E-state index in [0.717, 1.165) is 20.0 Å². The van der Waals surface area contributed by atoms with Gasteiger partial charge in [-0.15, -0.1) is 11.3 Å². The van der Waals surface area contributed by atoms with Crippen LogP contribution in [0, 0.1) is 0 Å². The lowest BCUT2D eigenvalue weighted by atomic mass is 10.1. The van der Waals surface area contributed by atoms with Gasteiger partial charge in [-0.2, -0.15) is 0 Å². The number of thiophene rings is 1. The predicted molar refractivity (Wildman–Crippen MR) is 56.8 cm³/mol. The Morgan fingerprint density at radius 2 is 2.23 bits per heavy atom. The molecule has 13 heavy (non-hydrogen) atoms. The minimum absolute atomic E-state index is 0.0834. The van der Waals surface area contributed by atoms with Crippen LogP contribution in [-0.2, 0) is 0 Å². The number of carbonyl (C=O) groups is 1. The number of halogens is 1. The molecule has 2 rings (SSSR count). The quantitative estimate of drug-likeness (QED) is 0.655. The first-order chi connectivity index (χ1) is 6.18. The highest BCUT2D eigenvalue weighted by Gasteiger charge is 2.07. The van der Waals surface area contributed by atoms with Crippen LogP contribution in [0.4, 0.5) is 0 Å². The highest BCUT2D eigenvalue weighted by Crippen LogP contribution is 2.31. The number of Topliss-reactive ketones (excluding diaryl/α,β-unsaturated/α-hetero) is 1. The van der Waals surface area contributed by atoms with Gasteiger partial charge in [0.1, 0.15) is 0 Å². The molecule has 0 radical (unpaired) electrons. The summed E-state index contributed by atoms with van der Waals surface area (Å²) < 4.78 is 1.79. The molecule has 1 aromatic heterocycles. The van der Waals surface area contributed by atoms with Crippen molar-refractivity contribution in [2.45, 2.75) is 6.92 Å². The van der Waals surface area contributed by atoms with E-state index < -0.39 is 0 Å². The van der Waals surface area contributed by atoms with Crippen molar-refractivity contribution in [3.63, 3.8) is 0 Å². The van der Waals surface area contributed by atoms with E-state index in [1.807, 2.05) is 24.3 Å². The van der Waals surface area contributed by atoms with Gasteiger partial charge in [-0.3, -0.25) is 4.79 Å². The molecule has 0 aliphatic heterocycles. The average Bonchev–Trinajstić information content (AvgIpc) is 2.43. The zero-order valence-electron chi connectivity index (χ0n) is 7.00. The summed E-state index contributed by atoms with van der Waals surface area (Å²) in [7, 11) is 0. The van der Waals surface area contributed by atoms with Crippen molar-refractivity contribution in [1.29, 1.82) is 0 Å². The number of hydrogen-bond acceptors (Lipinski definition) is 2. The van der Waals surface area contributed by atoms with Crippen molar-refractivity contribution in [3.8, 4) is 0 Å². The molecule has 1 nitrogen and oxygen atoms in total. The topological polar surface area (TPSA) is 17.1 Å². The van der Waals surface area contributed by atoms with Crippen molar-refractivity contribution in [3.05, 3.63) is 34.2 Å². The van der Waals surface area contributed by atoms with Crippen LogP contribution in [0.3, 0.4) is 0 Å². The van der Waals surface area contributed by atoms with Gasteiger partial charge >= 0.3 is 0 Å². The summed E-state index contributed by atoms with van der Waals surface area (Å²) in [6.45, 7) is 1.57. The summed E-state index contributed by atoms with van der Waals surface area (Å²) in [5.74, 6) is 0.0834. The van der Waals surface area contributed by atoms with Crippen LogP contribution in [0.5, 0.6) is 0 Å². The third-order valence-corrected chi connectivity index (χ3v) is 3.14. The Labute approximate surface area is 84.9 Å². The van der Waals surface area contributed by atoms with Crippen molar-refractivity contribution in [1.82, 2.24) is 0 Å². The summed E-state index contributed by atoms with van der Waals surface area (Å²) in [6, 6.07) is 7.52. The molecule has 1 aromatic carbocycles. The smallest absolute Gasteiger partial charge is 0.160 e. The van der Waals surface area contributed by atoms with E-state index in [-0.39, 0.29) is 5.78 Å². The van der Waals surface area contributed by atoms with Crippen LogP contribution in [0.25, 0.3) is 10.1 Å². The van der Waals surface area contributed by atoms with Gasteiger partial charge in [-0.05, 0) is 19.1 Å². The number of carbonyl (C=O) groups excluding carboxylic acids is 1. The van der Waals surface area contributed by atoms with Crippen molar-refractivity contribution >= 4 is 38.8 Å². The monoisotopic (exact) mass is 210 g/mol. The van der Waals surface area contributed by atoms with Crippen molar-refractivity contribution in [2.24, 2.45) is 0 Å². The lowest BCUT2D eigenvalue weighted by molar-refractivity contribution is 0.101. The Bertz CT molecular complexity index is 473. The normalized spacial score (nSPS) is 10.6. The molecule has 0 atom stereocenters. The van der Waals surface area contributed by atoms with E-state index in [0.29, 0.717) is 0 Å². The molecule has 0 saturated heterocycles. The summed E-state index contributed by atoms with van der Waals surface area (Å²) in [5, 5.41) is 0.963. The Morgan fingerprint density at radius 3 is 2.92 bits per heavy atom. The zero-order chi connectivity index (χ0) is 9.42. The third-order valence-electron chi connectivity index (χ3n) is 1.91. The summed E-state index contributed by atoms with van der Waals surface area (Å²) in [6.07, 6.45) is 0. The molecule has 0 bridgehead atoms. The Balaban J connectivity index is 2.82. The molecule has 0 saturated carbocycles. The molecule has 0 spiro atoms. The van der Waals surface area contributed by atoms with Gasteiger partial charge in [0.25, 0.3) is 0 Å². The molecular formula is C10H7ClOS. The van der Waals surface area contributed by atoms with E-state index in [4.69, 9.17) is 11.6 Å². The van der Waals surface area contributed by atoms with Crippen LogP contribution in [-0.4, -0.2) is 5.78 Å². The maximum absolute atomic E-state index is 11.2. The summed E-state index contributed by atoms with van der Waals surface area (Å²) in [5.41, 5.74) is 0.751. The maximum Gasteiger partial charge on any atom is 0.160 e. The Hall–Kier alpha value is -0.860. The molecular weight excluding hydrogens is 204 g/mol. The molecule has 0 aliphatic rings. The number of hydrogen-bond donors (Lipinski definition) is 0. The van der Waals surface area contributed by atoms with Gasteiger partial charge in [0, 0.05) is 15.6 Å². The van der Waals surface area contributed by atoms with Gasteiger partial charge in [-0.25, -0.2) is 0 Å². The minimum Gasteiger partial charge on any atom is -0.294 e. The van der Waals surface area contributed by atoms with Crippen molar-refractivity contribution < 1.29 is 4.79 Å². The van der Waals surface area contributed by atoms with E-state index in [1.165, 1.54) is 11.3 Å². The highest BCUT2D eigenvalue weighted by molar-refractivity contribution is 7.22. The number of fused-ring (bicyclic) bond motifs is 1. The molecule has 0 fully saturated rings. The summed E-state index contributed by atoms with van der Waals surface area (Å²) >= 11 is 7.36. The highest BCUT2D eigenvalue weighted by atomic mass is 35.5. The summed E-state index contributed by atoms with van der Waals surface area (Å²) in [4.78, 5) is 11.2. The fraction of sp³-hybridized carbons (Fsp3) is 0.100. The molecule has 0 amide bonds. The maximum atomic E-state index is 11.2. The van der Waals surface area contributed by atoms with Crippen LogP contribution < -0.4 is 0 Å². The van der Waals surface area contributed by atoms with Crippen LogP contribution in [0.15, 0.2) is 24.3 Å². The van der Waals surface area contributed by atoms with E-state index in [9.17, 15) is 4.79 Å². The van der Waals surface area contributed by atoms with E-state index >= 15 is 0 Å². The lowest BCUT2D eigenvalue weighted by Gasteiger charge is -1.95. The fourth-order valence-corrected chi connectivity index (χ4v) is 2.51. The van der Waals surface area contributed by atoms with E-state index in [1.54, 1.807) is 6.92 Å². The molecule has 0 N–H and O–H groups in total. The van der Waals surface area contributed by atoms with Gasteiger partial charge in [0.15, 0.2) is 5.78 Å². The van der Waals surface area contributed by atoms with Crippen LogP contribution >= 0.6 is 22.9 Å². The third kappa shape index (κ3) is 1.47. The van der Waals surface area contributed by atoms with Crippen LogP contribution in [0.2, 0.25) is 4.34 Å². The van der Waals surface area contributed by atoms with Crippen molar-refractivity contribution in [2.75, 3.05) is 0 Å². The van der Waals surface area contributed by atoms with Gasteiger partial charge in [-0.1, -0.05) is 23.7 Å². The molecule has 0 aliphatic carbocycles. The fourth-order valence-electron chi connectivity index (χ4n) is 1.34. The number of rotatable bonds is 1.